The Morgan fingerprint density at radius 2 is 2.11 bits per heavy atom. The van der Waals surface area contributed by atoms with E-state index in [0.29, 0.717) is 10.6 Å². The lowest BCUT2D eigenvalue weighted by molar-refractivity contribution is 0.0694. The molecule has 0 aliphatic heterocycles. The number of carboxylic acids is 1. The second-order valence-electron chi connectivity index (χ2n) is 4.37. The Hall–Kier alpha value is -1.20. The van der Waals surface area contributed by atoms with Gasteiger partial charge < -0.3 is 15.5 Å². The van der Waals surface area contributed by atoms with Crippen LogP contribution in [-0.4, -0.2) is 35.1 Å². The van der Waals surface area contributed by atoms with Crippen LogP contribution in [0.2, 0.25) is 0 Å². The largest absolute Gasteiger partial charge is 0.478 e. The zero-order valence-electron chi connectivity index (χ0n) is 10.8. The van der Waals surface area contributed by atoms with Crippen molar-refractivity contribution in [2.24, 2.45) is 5.92 Å². The number of benzene rings is 1. The molecule has 1 rings (SSSR count). The summed E-state index contributed by atoms with van der Waals surface area (Å²) in [6.45, 7) is 3.93. The molecule has 0 amide bonds. The highest BCUT2D eigenvalue weighted by atomic mass is 32.2. The number of aliphatic hydroxyl groups excluding tert-OH is 1. The van der Waals surface area contributed by atoms with Gasteiger partial charge in [0, 0.05) is 4.90 Å². The van der Waals surface area contributed by atoms with Gasteiger partial charge >= 0.3 is 5.97 Å². The van der Waals surface area contributed by atoms with Crippen LogP contribution in [0.3, 0.4) is 0 Å². The Balaban J connectivity index is 3.12. The average Bonchev–Trinajstić information content (AvgIpc) is 2.34. The van der Waals surface area contributed by atoms with Gasteiger partial charge in [0.05, 0.1) is 23.9 Å². The predicted octanol–water partition coefficient (Wildman–Crippen LogP) is 2.54. The fourth-order valence-corrected chi connectivity index (χ4v) is 2.28. The smallest absolute Gasteiger partial charge is 0.338 e. The summed E-state index contributed by atoms with van der Waals surface area (Å²) in [5, 5.41) is 21.7. The lowest BCUT2D eigenvalue weighted by Crippen LogP contribution is -2.30. The number of carbonyl (C=O) groups is 1. The molecule has 0 aromatic heterocycles. The van der Waals surface area contributed by atoms with Gasteiger partial charge in [-0.2, -0.15) is 0 Å². The first-order valence-corrected chi connectivity index (χ1v) is 7.01. The average molecular weight is 269 g/mol. The topological polar surface area (TPSA) is 69.6 Å². The number of aliphatic hydroxyl groups is 1. The molecule has 3 N–H and O–H groups in total. The van der Waals surface area contributed by atoms with Gasteiger partial charge in [0.1, 0.15) is 0 Å². The second kappa shape index (κ2) is 6.66. The van der Waals surface area contributed by atoms with E-state index in [0.717, 1.165) is 0 Å². The summed E-state index contributed by atoms with van der Waals surface area (Å²) >= 11 is 1.40. The number of hydrogen-bond acceptors (Lipinski definition) is 4. The first-order valence-electron chi connectivity index (χ1n) is 5.79. The van der Waals surface area contributed by atoms with Gasteiger partial charge in [-0.1, -0.05) is 19.9 Å². The van der Waals surface area contributed by atoms with E-state index in [1.54, 1.807) is 12.1 Å². The molecule has 0 saturated carbocycles. The Bertz CT molecular complexity index is 421. The van der Waals surface area contributed by atoms with Crippen molar-refractivity contribution in [3.05, 3.63) is 23.8 Å². The van der Waals surface area contributed by atoms with Crippen molar-refractivity contribution < 1.29 is 15.0 Å². The number of aromatic carboxylic acids is 1. The van der Waals surface area contributed by atoms with E-state index in [9.17, 15) is 15.0 Å². The van der Waals surface area contributed by atoms with Gasteiger partial charge in [0.25, 0.3) is 0 Å². The molecule has 0 spiro atoms. The first kappa shape index (κ1) is 14.9. The quantitative estimate of drug-likeness (QED) is 0.692. The number of carboxylic acid groups (broad SMARTS) is 1. The minimum Gasteiger partial charge on any atom is -0.478 e. The van der Waals surface area contributed by atoms with Crippen LogP contribution in [0.5, 0.6) is 0 Å². The van der Waals surface area contributed by atoms with Crippen molar-refractivity contribution in [1.82, 2.24) is 0 Å². The Morgan fingerprint density at radius 1 is 1.44 bits per heavy atom. The van der Waals surface area contributed by atoms with Crippen LogP contribution in [0.1, 0.15) is 24.2 Å². The Labute approximate surface area is 111 Å². The number of nitrogens with one attached hydrogen (secondary N) is 1. The van der Waals surface area contributed by atoms with E-state index >= 15 is 0 Å². The molecule has 0 aliphatic carbocycles. The van der Waals surface area contributed by atoms with Gasteiger partial charge in [-0.25, -0.2) is 4.79 Å². The lowest BCUT2D eigenvalue weighted by atomic mass is 10.0. The van der Waals surface area contributed by atoms with Crippen molar-refractivity contribution >= 4 is 23.4 Å². The molecule has 18 heavy (non-hydrogen) atoms. The van der Waals surface area contributed by atoms with E-state index in [1.165, 1.54) is 11.8 Å². The highest BCUT2D eigenvalue weighted by Gasteiger charge is 2.19. The maximum absolute atomic E-state index is 11.3. The van der Waals surface area contributed by atoms with Crippen molar-refractivity contribution in [2.45, 2.75) is 24.8 Å². The first-order chi connectivity index (χ1) is 8.51. The summed E-state index contributed by atoms with van der Waals surface area (Å²) in [7, 11) is 0. The third kappa shape index (κ3) is 3.40. The van der Waals surface area contributed by atoms with E-state index in [4.69, 9.17) is 0 Å². The van der Waals surface area contributed by atoms with E-state index < -0.39 is 5.97 Å². The molecule has 0 heterocycles. The van der Waals surface area contributed by atoms with Crippen LogP contribution >= 0.6 is 11.8 Å². The Kier molecular flexibility index (Phi) is 5.50. The highest BCUT2D eigenvalue weighted by molar-refractivity contribution is 7.98. The number of anilines is 1. The molecular weight excluding hydrogens is 250 g/mol. The van der Waals surface area contributed by atoms with Crippen molar-refractivity contribution in [1.29, 1.82) is 0 Å². The monoisotopic (exact) mass is 269 g/mol. The van der Waals surface area contributed by atoms with Crippen molar-refractivity contribution in [3.63, 3.8) is 0 Å². The summed E-state index contributed by atoms with van der Waals surface area (Å²) in [6, 6.07) is 5.17. The molecule has 0 saturated heterocycles. The molecule has 1 aromatic rings. The van der Waals surface area contributed by atoms with Crippen LogP contribution in [0.4, 0.5) is 5.69 Å². The van der Waals surface area contributed by atoms with Gasteiger partial charge in [-0.05, 0) is 24.3 Å². The molecule has 1 unspecified atom stereocenters. The second-order valence-corrected chi connectivity index (χ2v) is 5.21. The lowest BCUT2D eigenvalue weighted by Gasteiger charge is -2.22. The summed E-state index contributed by atoms with van der Waals surface area (Å²) < 4.78 is 0. The normalized spacial score (nSPS) is 12.5. The molecule has 0 aliphatic rings. The minimum atomic E-state index is -0.956. The molecule has 1 aromatic carbocycles. The maximum atomic E-state index is 11.3. The zero-order valence-corrected chi connectivity index (χ0v) is 11.6. The van der Waals surface area contributed by atoms with Crippen LogP contribution in [-0.2, 0) is 0 Å². The predicted molar refractivity (Wildman–Crippen MR) is 74.5 cm³/mol. The molecular formula is C13H19NO3S. The van der Waals surface area contributed by atoms with E-state index in [1.807, 2.05) is 26.2 Å². The molecule has 5 heteroatoms. The van der Waals surface area contributed by atoms with Gasteiger partial charge in [0.15, 0.2) is 0 Å². The van der Waals surface area contributed by atoms with Gasteiger partial charge in [-0.15, -0.1) is 11.8 Å². The molecule has 4 nitrogen and oxygen atoms in total. The molecule has 1 atom stereocenters. The third-order valence-corrected chi connectivity index (χ3v) is 3.58. The number of thioether (sulfide) groups is 1. The zero-order chi connectivity index (χ0) is 13.7. The van der Waals surface area contributed by atoms with Gasteiger partial charge in [0.2, 0.25) is 0 Å². The summed E-state index contributed by atoms with van der Waals surface area (Å²) in [6.07, 6.45) is 1.84. The fraction of sp³-hybridized carbons (Fsp3) is 0.462. The molecule has 0 bridgehead atoms. The summed E-state index contributed by atoms with van der Waals surface area (Å²) in [5.74, 6) is -0.738. The van der Waals surface area contributed by atoms with Crippen LogP contribution in [0.25, 0.3) is 0 Å². The van der Waals surface area contributed by atoms with Crippen molar-refractivity contribution in [2.75, 3.05) is 18.2 Å². The SMILES string of the molecule is CSc1cccc(NC(CO)C(C)C)c1C(=O)O. The molecule has 0 fully saturated rings. The van der Waals surface area contributed by atoms with Crippen LogP contribution < -0.4 is 5.32 Å². The van der Waals surface area contributed by atoms with Crippen molar-refractivity contribution in [3.8, 4) is 0 Å². The molecule has 0 radical (unpaired) electrons. The van der Waals surface area contributed by atoms with E-state index in [-0.39, 0.29) is 24.1 Å². The standard InChI is InChI=1S/C13H19NO3S/c1-8(2)10(7-15)14-9-5-4-6-11(18-3)12(9)13(16)17/h4-6,8,10,14-15H,7H2,1-3H3,(H,16,17). The summed E-state index contributed by atoms with van der Waals surface area (Å²) in [5.41, 5.74) is 0.825. The fourth-order valence-electron chi connectivity index (χ4n) is 1.66. The highest BCUT2D eigenvalue weighted by Crippen LogP contribution is 2.28. The summed E-state index contributed by atoms with van der Waals surface area (Å²) in [4.78, 5) is 12.0. The minimum absolute atomic E-state index is 0.0276. The number of hydrogen-bond donors (Lipinski definition) is 3. The van der Waals surface area contributed by atoms with Gasteiger partial charge in [-0.3, -0.25) is 0 Å². The van der Waals surface area contributed by atoms with Crippen LogP contribution in [0.15, 0.2) is 23.1 Å². The molecule has 100 valence electrons. The number of rotatable bonds is 6. The third-order valence-electron chi connectivity index (χ3n) is 2.80. The maximum Gasteiger partial charge on any atom is 0.338 e. The van der Waals surface area contributed by atoms with E-state index in [2.05, 4.69) is 5.32 Å². The Morgan fingerprint density at radius 3 is 2.56 bits per heavy atom. The van der Waals surface area contributed by atoms with Crippen LogP contribution in [0, 0.1) is 5.92 Å².